The molecule has 0 nitrogen and oxygen atoms in total. The van der Waals surface area contributed by atoms with E-state index in [0.717, 1.165) is 0 Å². The van der Waals surface area contributed by atoms with E-state index in [1.54, 1.807) is 0 Å². The molecule has 24 heavy (non-hydrogen) atoms. The minimum absolute atomic E-state index is 0. The van der Waals surface area contributed by atoms with Crippen molar-refractivity contribution < 1.29 is 17.0 Å². The van der Waals surface area contributed by atoms with E-state index < -0.39 is 7.26 Å². The molecule has 0 aliphatic carbocycles. The molecule has 0 unspecified atom stereocenters. The van der Waals surface area contributed by atoms with Gasteiger partial charge in [0, 0.05) is 0 Å². The Morgan fingerprint density at radius 2 is 0.667 bits per heavy atom. The Morgan fingerprint density at radius 3 is 0.875 bits per heavy atom. The molecule has 0 saturated carbocycles. The molecular formula is C22H24BrP. The lowest BCUT2D eigenvalue weighted by Gasteiger charge is -2.23. The summed E-state index contributed by atoms with van der Waals surface area (Å²) in [6.07, 6.45) is 0. The third-order valence-corrected chi connectivity index (χ3v) is 8.64. The Morgan fingerprint density at radius 1 is 0.458 bits per heavy atom. The summed E-state index contributed by atoms with van der Waals surface area (Å²) in [4.78, 5) is 0. The van der Waals surface area contributed by atoms with E-state index in [2.05, 4.69) is 100 Å². The summed E-state index contributed by atoms with van der Waals surface area (Å²) in [7, 11) is -1.59. The van der Waals surface area contributed by atoms with Crippen molar-refractivity contribution in [1.29, 1.82) is 0 Å². The van der Waals surface area contributed by atoms with Crippen molar-refractivity contribution in [3.05, 3.63) is 89.5 Å². The smallest absolute Gasteiger partial charge is 0.109 e. The zero-order valence-electron chi connectivity index (χ0n) is 14.8. The minimum Gasteiger partial charge on any atom is -1.00 e. The second-order valence-corrected chi connectivity index (χ2v) is 10.1. The number of rotatable bonds is 3. The SMILES string of the molecule is Cc1ccc([P+](C)(c2ccc(C)cc2)c2ccc(C)cc2)cc1.[Br-]. The average molecular weight is 399 g/mol. The van der Waals surface area contributed by atoms with Crippen molar-refractivity contribution in [2.75, 3.05) is 6.66 Å². The highest BCUT2D eigenvalue weighted by atomic mass is 79.9. The minimum atomic E-state index is -1.59. The monoisotopic (exact) mass is 398 g/mol. The summed E-state index contributed by atoms with van der Waals surface area (Å²) in [6.45, 7) is 8.89. The molecule has 0 spiro atoms. The standard InChI is InChI=1S/C22H24P.BrH/c1-17-5-11-20(12-6-17)23(4,21-13-7-18(2)8-14-21)22-15-9-19(3)10-16-22;/h5-16H,1-4H3;1H/q+1;/p-1. The van der Waals surface area contributed by atoms with Crippen LogP contribution in [0, 0.1) is 20.8 Å². The van der Waals surface area contributed by atoms with Crippen LogP contribution in [0.5, 0.6) is 0 Å². The van der Waals surface area contributed by atoms with E-state index in [1.807, 2.05) is 0 Å². The van der Waals surface area contributed by atoms with Crippen molar-refractivity contribution in [2.45, 2.75) is 20.8 Å². The number of benzene rings is 3. The van der Waals surface area contributed by atoms with Crippen LogP contribution < -0.4 is 32.9 Å². The fourth-order valence-electron chi connectivity index (χ4n) is 2.98. The predicted octanol–water partition coefficient (Wildman–Crippen LogP) is 1.54. The van der Waals surface area contributed by atoms with Gasteiger partial charge in [0.2, 0.25) is 0 Å². The molecule has 3 rings (SSSR count). The average Bonchev–Trinajstić information content (AvgIpc) is 2.56. The maximum atomic E-state index is 2.44. The van der Waals surface area contributed by atoms with Gasteiger partial charge in [-0.2, -0.15) is 0 Å². The summed E-state index contributed by atoms with van der Waals surface area (Å²) in [5.41, 5.74) is 3.94. The van der Waals surface area contributed by atoms with Crippen molar-refractivity contribution in [2.24, 2.45) is 0 Å². The largest absolute Gasteiger partial charge is 1.00 e. The van der Waals surface area contributed by atoms with Gasteiger partial charge in [0.1, 0.15) is 23.2 Å². The Hall–Kier alpha value is -1.43. The molecule has 0 heterocycles. The molecule has 0 bridgehead atoms. The fourth-order valence-corrected chi connectivity index (χ4v) is 6.11. The van der Waals surface area contributed by atoms with Gasteiger partial charge in [-0.25, -0.2) is 0 Å². The third-order valence-electron chi connectivity index (χ3n) is 4.65. The molecule has 0 aliphatic heterocycles. The summed E-state index contributed by atoms with van der Waals surface area (Å²) >= 11 is 0. The van der Waals surface area contributed by atoms with E-state index >= 15 is 0 Å². The van der Waals surface area contributed by atoms with Gasteiger partial charge in [0.25, 0.3) is 0 Å². The van der Waals surface area contributed by atoms with Gasteiger partial charge in [0.05, 0.1) is 6.66 Å². The molecule has 3 aromatic rings. The van der Waals surface area contributed by atoms with Crippen LogP contribution in [0.25, 0.3) is 0 Å². The Balaban J connectivity index is 0.00000208. The molecule has 0 radical (unpaired) electrons. The second kappa shape index (κ2) is 7.64. The van der Waals surface area contributed by atoms with E-state index in [9.17, 15) is 0 Å². The van der Waals surface area contributed by atoms with Gasteiger partial charge in [-0.15, -0.1) is 0 Å². The third kappa shape index (κ3) is 3.63. The van der Waals surface area contributed by atoms with Crippen LogP contribution in [0.15, 0.2) is 72.8 Å². The molecule has 0 aliphatic rings. The highest BCUT2D eigenvalue weighted by molar-refractivity contribution is 7.95. The molecule has 0 amide bonds. The van der Waals surface area contributed by atoms with E-state index in [0.29, 0.717) is 0 Å². The van der Waals surface area contributed by atoms with Gasteiger partial charge in [-0.3, -0.25) is 0 Å². The summed E-state index contributed by atoms with van der Waals surface area (Å²) in [6, 6.07) is 27.2. The molecule has 0 aromatic heterocycles. The van der Waals surface area contributed by atoms with Crippen molar-refractivity contribution >= 4 is 23.2 Å². The van der Waals surface area contributed by atoms with Crippen LogP contribution in [0.3, 0.4) is 0 Å². The summed E-state index contributed by atoms with van der Waals surface area (Å²) in [5.74, 6) is 0. The summed E-state index contributed by atoms with van der Waals surface area (Å²) < 4.78 is 0. The van der Waals surface area contributed by atoms with Gasteiger partial charge < -0.3 is 17.0 Å². The quantitative estimate of drug-likeness (QED) is 0.587. The number of halogens is 1. The zero-order chi connectivity index (χ0) is 16.4. The lowest BCUT2D eigenvalue weighted by molar-refractivity contribution is -0.00000479. The van der Waals surface area contributed by atoms with Gasteiger partial charge >= 0.3 is 0 Å². The van der Waals surface area contributed by atoms with Crippen LogP contribution in [-0.4, -0.2) is 6.66 Å². The number of hydrogen-bond donors (Lipinski definition) is 0. The van der Waals surface area contributed by atoms with Crippen LogP contribution in [0.4, 0.5) is 0 Å². The fraction of sp³-hybridized carbons (Fsp3) is 0.182. The van der Waals surface area contributed by atoms with Crippen molar-refractivity contribution in [3.63, 3.8) is 0 Å². The van der Waals surface area contributed by atoms with Crippen LogP contribution in [0.1, 0.15) is 16.7 Å². The van der Waals surface area contributed by atoms with E-state index in [4.69, 9.17) is 0 Å². The van der Waals surface area contributed by atoms with Gasteiger partial charge in [-0.05, 0) is 57.2 Å². The Labute approximate surface area is 157 Å². The normalized spacial score (nSPS) is 11.0. The van der Waals surface area contributed by atoms with Crippen LogP contribution >= 0.6 is 7.26 Å². The lowest BCUT2D eigenvalue weighted by atomic mass is 10.2. The molecule has 0 atom stereocenters. The topological polar surface area (TPSA) is 0 Å². The highest BCUT2D eigenvalue weighted by Crippen LogP contribution is 2.51. The first-order chi connectivity index (χ1) is 11.0. The summed E-state index contributed by atoms with van der Waals surface area (Å²) in [5, 5.41) is 4.32. The zero-order valence-corrected chi connectivity index (χ0v) is 17.2. The van der Waals surface area contributed by atoms with Crippen molar-refractivity contribution in [1.82, 2.24) is 0 Å². The molecule has 3 aromatic carbocycles. The first-order valence-electron chi connectivity index (χ1n) is 8.08. The Bertz CT molecular complexity index is 676. The molecule has 124 valence electrons. The van der Waals surface area contributed by atoms with E-state index in [-0.39, 0.29) is 17.0 Å². The maximum absolute atomic E-state index is 2.44. The van der Waals surface area contributed by atoms with Gasteiger partial charge in [-0.1, -0.05) is 53.1 Å². The number of hydrogen-bond acceptors (Lipinski definition) is 0. The first kappa shape index (κ1) is 18.9. The first-order valence-corrected chi connectivity index (χ1v) is 10.3. The van der Waals surface area contributed by atoms with Gasteiger partial charge in [0.15, 0.2) is 0 Å². The highest BCUT2D eigenvalue weighted by Gasteiger charge is 2.39. The molecule has 2 heteroatoms. The van der Waals surface area contributed by atoms with Crippen molar-refractivity contribution in [3.8, 4) is 0 Å². The van der Waals surface area contributed by atoms with Crippen LogP contribution in [-0.2, 0) is 0 Å². The van der Waals surface area contributed by atoms with Crippen LogP contribution in [0.2, 0.25) is 0 Å². The second-order valence-electron chi connectivity index (χ2n) is 6.51. The molecule has 0 fully saturated rings. The predicted molar refractivity (Wildman–Crippen MR) is 105 cm³/mol. The molecular weight excluding hydrogens is 375 g/mol. The maximum Gasteiger partial charge on any atom is 0.109 e. The Kier molecular flexibility index (Phi) is 6.01. The van der Waals surface area contributed by atoms with E-state index in [1.165, 1.54) is 32.6 Å². The lowest BCUT2D eigenvalue weighted by Crippen LogP contribution is -3.00. The molecule has 0 N–H and O–H groups in total. The molecule has 0 saturated heterocycles. The number of aryl methyl sites for hydroxylation is 3.